The minimum absolute atomic E-state index is 0.326. The first kappa shape index (κ1) is 13.5. The molecule has 1 fully saturated rings. The number of hydrogen-bond acceptors (Lipinski definition) is 4. The van der Waals surface area contributed by atoms with E-state index in [0.29, 0.717) is 17.6 Å². The van der Waals surface area contributed by atoms with Gasteiger partial charge in [-0.1, -0.05) is 12.8 Å². The summed E-state index contributed by atoms with van der Waals surface area (Å²) >= 11 is 3.41. The number of anilines is 1. The molecule has 1 aromatic heterocycles. The van der Waals surface area contributed by atoms with Gasteiger partial charge in [0.2, 0.25) is 0 Å². The second-order valence-corrected chi connectivity index (χ2v) is 6.32. The third-order valence-electron chi connectivity index (χ3n) is 4.21. The summed E-state index contributed by atoms with van der Waals surface area (Å²) in [5, 5.41) is 12.2. The van der Waals surface area contributed by atoms with E-state index < -0.39 is 0 Å². The monoisotopic (exact) mass is 335 g/mol. The number of tetrazole rings is 1. The van der Waals surface area contributed by atoms with Crippen LogP contribution in [0.5, 0.6) is 0 Å². The van der Waals surface area contributed by atoms with Gasteiger partial charge in [0.25, 0.3) is 0 Å². The molecule has 0 radical (unpaired) electrons. The minimum atomic E-state index is 0.326. The highest BCUT2D eigenvalue weighted by Gasteiger charge is 2.26. The number of hydrogen-bond donors (Lipinski definition) is 1. The second-order valence-electron chi connectivity index (χ2n) is 5.47. The Morgan fingerprint density at radius 1 is 1.35 bits per heavy atom. The molecule has 3 rings (SSSR count). The summed E-state index contributed by atoms with van der Waals surface area (Å²) in [7, 11) is 0. The van der Waals surface area contributed by atoms with Crippen LogP contribution in [0.15, 0.2) is 22.7 Å². The fraction of sp³-hybridized carbons (Fsp3) is 0.500. The van der Waals surface area contributed by atoms with Crippen molar-refractivity contribution in [3.05, 3.63) is 22.7 Å². The summed E-state index contributed by atoms with van der Waals surface area (Å²) in [4.78, 5) is 0. The number of benzene rings is 1. The molecule has 0 bridgehead atoms. The lowest BCUT2D eigenvalue weighted by Gasteiger charge is -2.20. The summed E-state index contributed by atoms with van der Waals surface area (Å²) in [6, 6.07) is 6.16. The molecular weight excluding hydrogens is 318 g/mol. The maximum absolute atomic E-state index is 5.95. The van der Waals surface area contributed by atoms with Gasteiger partial charge in [-0.05, 0) is 70.2 Å². The Hall–Kier alpha value is -1.43. The third kappa shape index (κ3) is 2.44. The Labute approximate surface area is 126 Å². The molecule has 5 nitrogen and oxygen atoms in total. The molecule has 0 aliphatic heterocycles. The molecule has 1 aliphatic carbocycles. The molecule has 0 spiro atoms. The van der Waals surface area contributed by atoms with Crippen LogP contribution in [-0.2, 0) is 0 Å². The van der Waals surface area contributed by atoms with Gasteiger partial charge in [0, 0.05) is 15.7 Å². The molecule has 1 unspecified atom stereocenters. The van der Waals surface area contributed by atoms with Gasteiger partial charge in [0.05, 0.1) is 6.04 Å². The molecule has 106 valence electrons. The van der Waals surface area contributed by atoms with Gasteiger partial charge >= 0.3 is 0 Å². The Kier molecular flexibility index (Phi) is 3.74. The summed E-state index contributed by atoms with van der Waals surface area (Å²) < 4.78 is 2.84. The Morgan fingerprint density at radius 2 is 2.10 bits per heavy atom. The molecule has 6 heteroatoms. The average Bonchev–Trinajstić information content (AvgIpc) is 3.11. The van der Waals surface area contributed by atoms with Crippen LogP contribution in [0.3, 0.4) is 0 Å². The van der Waals surface area contributed by atoms with Crippen molar-refractivity contribution in [3.8, 4) is 11.4 Å². The first-order chi connectivity index (χ1) is 9.66. The van der Waals surface area contributed by atoms with Crippen LogP contribution in [0, 0.1) is 5.92 Å². The molecule has 1 aromatic carbocycles. The van der Waals surface area contributed by atoms with Gasteiger partial charge in [-0.15, -0.1) is 5.10 Å². The fourth-order valence-electron chi connectivity index (χ4n) is 2.98. The predicted molar refractivity (Wildman–Crippen MR) is 82.0 cm³/mol. The van der Waals surface area contributed by atoms with Crippen molar-refractivity contribution in [1.29, 1.82) is 0 Å². The zero-order valence-corrected chi connectivity index (χ0v) is 13.0. The maximum Gasteiger partial charge on any atom is 0.182 e. The lowest BCUT2D eigenvalue weighted by atomic mass is 9.99. The van der Waals surface area contributed by atoms with E-state index in [0.717, 1.165) is 15.9 Å². The molecule has 0 amide bonds. The molecule has 1 atom stereocenters. The topological polar surface area (TPSA) is 69.6 Å². The standard InChI is InChI=1S/C14H18BrN5/c1-9(10-4-2-3-5-10)20-14(17-18-19-20)11-6-7-12(15)13(16)8-11/h6-10H,2-5,16H2,1H3. The number of halogens is 1. The largest absolute Gasteiger partial charge is 0.398 e. The third-order valence-corrected chi connectivity index (χ3v) is 4.94. The van der Waals surface area contributed by atoms with E-state index >= 15 is 0 Å². The van der Waals surface area contributed by atoms with Crippen LogP contribution >= 0.6 is 15.9 Å². The Bertz CT molecular complexity index is 603. The van der Waals surface area contributed by atoms with Crippen molar-refractivity contribution < 1.29 is 0 Å². The van der Waals surface area contributed by atoms with E-state index in [4.69, 9.17) is 5.73 Å². The molecule has 1 aliphatic rings. The van der Waals surface area contributed by atoms with Gasteiger partial charge in [-0.25, -0.2) is 4.68 Å². The highest BCUT2D eigenvalue weighted by Crippen LogP contribution is 2.35. The van der Waals surface area contributed by atoms with E-state index in [1.165, 1.54) is 25.7 Å². The molecule has 1 saturated carbocycles. The molecular formula is C14H18BrN5. The van der Waals surface area contributed by atoms with Crippen LogP contribution in [0.2, 0.25) is 0 Å². The Morgan fingerprint density at radius 3 is 2.80 bits per heavy atom. The normalized spacial score (nSPS) is 17.5. The van der Waals surface area contributed by atoms with Crippen LogP contribution < -0.4 is 5.73 Å². The Balaban J connectivity index is 1.94. The van der Waals surface area contributed by atoms with Crippen molar-refractivity contribution in [3.63, 3.8) is 0 Å². The van der Waals surface area contributed by atoms with E-state index in [1.807, 2.05) is 22.9 Å². The van der Waals surface area contributed by atoms with Crippen molar-refractivity contribution in [1.82, 2.24) is 20.2 Å². The number of aromatic nitrogens is 4. The fourth-order valence-corrected chi connectivity index (χ4v) is 3.23. The van der Waals surface area contributed by atoms with Gasteiger partial charge in [0.1, 0.15) is 0 Å². The summed E-state index contributed by atoms with van der Waals surface area (Å²) in [6.07, 6.45) is 5.17. The first-order valence-corrected chi connectivity index (χ1v) is 7.79. The first-order valence-electron chi connectivity index (χ1n) is 7.00. The second kappa shape index (κ2) is 5.52. The van der Waals surface area contributed by atoms with Gasteiger partial charge < -0.3 is 5.73 Å². The van der Waals surface area contributed by atoms with E-state index in [9.17, 15) is 0 Å². The number of nitrogens with two attached hydrogens (primary N) is 1. The molecule has 0 saturated heterocycles. The zero-order chi connectivity index (χ0) is 14.1. The lowest BCUT2D eigenvalue weighted by Crippen LogP contribution is -2.16. The smallest absolute Gasteiger partial charge is 0.182 e. The number of nitrogen functional groups attached to an aromatic ring is 1. The van der Waals surface area contributed by atoms with Crippen LogP contribution in [0.25, 0.3) is 11.4 Å². The quantitative estimate of drug-likeness (QED) is 0.872. The predicted octanol–water partition coefficient (Wildman–Crippen LogP) is 3.44. The van der Waals surface area contributed by atoms with E-state index in [2.05, 4.69) is 38.4 Å². The highest BCUT2D eigenvalue weighted by atomic mass is 79.9. The van der Waals surface area contributed by atoms with E-state index in [1.54, 1.807) is 0 Å². The molecule has 20 heavy (non-hydrogen) atoms. The minimum Gasteiger partial charge on any atom is -0.398 e. The molecule has 1 heterocycles. The maximum atomic E-state index is 5.95. The summed E-state index contributed by atoms with van der Waals surface area (Å²) in [5.74, 6) is 1.47. The van der Waals surface area contributed by atoms with Crippen molar-refractivity contribution >= 4 is 21.6 Å². The van der Waals surface area contributed by atoms with Crippen LogP contribution in [-0.4, -0.2) is 20.2 Å². The number of nitrogens with zero attached hydrogens (tertiary/aromatic N) is 4. The highest BCUT2D eigenvalue weighted by molar-refractivity contribution is 9.10. The average molecular weight is 336 g/mol. The number of rotatable bonds is 3. The molecule has 2 N–H and O–H groups in total. The lowest BCUT2D eigenvalue weighted by molar-refractivity contribution is 0.332. The van der Waals surface area contributed by atoms with Crippen LogP contribution in [0.4, 0.5) is 5.69 Å². The summed E-state index contributed by atoms with van der Waals surface area (Å²) in [5.41, 5.74) is 7.61. The SMILES string of the molecule is CC(C1CCCC1)n1nnnc1-c1ccc(Br)c(N)c1. The van der Waals surface area contributed by atoms with Gasteiger partial charge in [-0.2, -0.15) is 0 Å². The van der Waals surface area contributed by atoms with Crippen molar-refractivity contribution in [2.24, 2.45) is 5.92 Å². The molecule has 2 aromatic rings. The van der Waals surface area contributed by atoms with Crippen molar-refractivity contribution in [2.45, 2.75) is 38.6 Å². The van der Waals surface area contributed by atoms with Gasteiger partial charge in [0.15, 0.2) is 5.82 Å². The van der Waals surface area contributed by atoms with Crippen molar-refractivity contribution in [2.75, 3.05) is 5.73 Å². The summed E-state index contributed by atoms with van der Waals surface area (Å²) in [6.45, 7) is 2.21. The van der Waals surface area contributed by atoms with Gasteiger partial charge in [-0.3, -0.25) is 0 Å². The van der Waals surface area contributed by atoms with E-state index in [-0.39, 0.29) is 0 Å². The van der Waals surface area contributed by atoms with Crippen LogP contribution in [0.1, 0.15) is 38.6 Å². The zero-order valence-electron chi connectivity index (χ0n) is 11.5.